The van der Waals surface area contributed by atoms with E-state index in [2.05, 4.69) is 15.2 Å². The molecule has 4 rings (SSSR count). The van der Waals surface area contributed by atoms with Crippen LogP contribution in [0.25, 0.3) is 11.3 Å². The van der Waals surface area contributed by atoms with Crippen LogP contribution in [0.3, 0.4) is 0 Å². The third-order valence-corrected chi connectivity index (χ3v) is 7.40. The number of benzene rings is 2. The van der Waals surface area contributed by atoms with Gasteiger partial charge in [0, 0.05) is 11.3 Å². The third-order valence-electron chi connectivity index (χ3n) is 5.36. The van der Waals surface area contributed by atoms with Crippen molar-refractivity contribution in [1.82, 2.24) is 10.2 Å². The minimum Gasteiger partial charge on any atom is -0.281 e. The van der Waals surface area contributed by atoms with Crippen LogP contribution in [0, 0.1) is 11.6 Å². The average molecular weight is 442 g/mol. The largest absolute Gasteiger partial charge is 0.281 e. The molecule has 1 atom stereocenters. The van der Waals surface area contributed by atoms with E-state index in [0.717, 1.165) is 11.1 Å². The highest BCUT2D eigenvalue weighted by Gasteiger charge is 2.25. The predicted molar refractivity (Wildman–Crippen MR) is 115 cm³/mol. The van der Waals surface area contributed by atoms with Gasteiger partial charge in [-0.1, -0.05) is 30.3 Å². The van der Waals surface area contributed by atoms with Crippen molar-refractivity contribution in [2.24, 2.45) is 4.99 Å². The van der Waals surface area contributed by atoms with Crippen LogP contribution in [0.4, 0.5) is 8.78 Å². The van der Waals surface area contributed by atoms with Crippen molar-refractivity contribution in [2.75, 3.05) is 0 Å². The summed E-state index contributed by atoms with van der Waals surface area (Å²) < 4.78 is 52.5. The molecule has 0 saturated heterocycles. The van der Waals surface area contributed by atoms with Crippen LogP contribution in [0.2, 0.25) is 0 Å². The molecule has 1 aromatic heterocycles. The van der Waals surface area contributed by atoms with Gasteiger partial charge in [0.1, 0.15) is 11.6 Å². The lowest BCUT2D eigenvalue weighted by Gasteiger charge is -2.09. The molecule has 0 amide bonds. The van der Waals surface area contributed by atoms with Gasteiger partial charge in [0.2, 0.25) is 0 Å². The van der Waals surface area contributed by atoms with E-state index in [1.807, 2.05) is 24.3 Å². The molecular weight excluding hydrogens is 420 g/mol. The first-order valence-corrected chi connectivity index (χ1v) is 11.5. The van der Waals surface area contributed by atoms with Gasteiger partial charge >= 0.3 is 0 Å². The fourth-order valence-electron chi connectivity index (χ4n) is 3.54. The van der Waals surface area contributed by atoms with Gasteiger partial charge in [-0.05, 0) is 56.5 Å². The summed E-state index contributed by atoms with van der Waals surface area (Å²) >= 11 is 0. The molecule has 2 heterocycles. The van der Waals surface area contributed by atoms with Crippen LogP contribution in [0.15, 0.2) is 64.6 Å². The van der Waals surface area contributed by atoms with Gasteiger partial charge in [0.25, 0.3) is 0 Å². The summed E-state index contributed by atoms with van der Waals surface area (Å²) in [5.74, 6) is -1.20. The second-order valence-corrected chi connectivity index (χ2v) is 10.2. The summed E-state index contributed by atoms with van der Waals surface area (Å²) in [6, 6.07) is 14.2. The van der Waals surface area contributed by atoms with E-state index < -0.39 is 26.7 Å². The van der Waals surface area contributed by atoms with Crippen LogP contribution in [0.5, 0.6) is 0 Å². The summed E-state index contributed by atoms with van der Waals surface area (Å²) in [6.07, 6.45) is 1.17. The van der Waals surface area contributed by atoms with E-state index in [1.165, 1.54) is 24.3 Å². The van der Waals surface area contributed by atoms with Crippen LogP contribution in [-0.4, -0.2) is 29.6 Å². The molecule has 3 aromatic rings. The number of nitrogens with zero attached hydrogens (tertiary/aromatic N) is 3. The lowest BCUT2D eigenvalue weighted by Crippen LogP contribution is -2.16. The topological polar surface area (TPSA) is 72.3 Å². The molecule has 0 saturated carbocycles. The zero-order valence-corrected chi connectivity index (χ0v) is 17.9. The molecule has 1 aliphatic heterocycles. The Bertz CT molecular complexity index is 1220. The average Bonchev–Trinajstić information content (AvgIpc) is 3.23. The van der Waals surface area contributed by atoms with Crippen LogP contribution < -0.4 is 0 Å². The standard InChI is InChI=1S/C23H21F2N3O2S/c1-14(2)31(29,30)22-13-12-20(27-28-22)16-8-6-15(7-9-16)19-10-11-21(26-19)23-17(24)4-3-5-18(23)25/h3-9,12-14,19H,10-11H2,1-2H3. The van der Waals surface area contributed by atoms with Crippen molar-refractivity contribution < 1.29 is 17.2 Å². The maximum Gasteiger partial charge on any atom is 0.199 e. The first-order chi connectivity index (χ1) is 14.8. The highest BCUT2D eigenvalue weighted by atomic mass is 32.2. The summed E-state index contributed by atoms with van der Waals surface area (Å²) in [5.41, 5.74) is 2.67. The number of sulfone groups is 1. The maximum atomic E-state index is 14.0. The highest BCUT2D eigenvalue weighted by Crippen LogP contribution is 2.33. The van der Waals surface area contributed by atoms with Gasteiger partial charge in [-0.2, -0.15) is 0 Å². The lowest BCUT2D eigenvalue weighted by atomic mass is 10.0. The molecule has 1 aliphatic rings. The van der Waals surface area contributed by atoms with Gasteiger partial charge in [0.05, 0.1) is 22.5 Å². The van der Waals surface area contributed by atoms with Gasteiger partial charge in [-0.15, -0.1) is 10.2 Å². The molecule has 1 unspecified atom stereocenters. The van der Waals surface area contributed by atoms with E-state index in [9.17, 15) is 17.2 Å². The Balaban J connectivity index is 1.55. The number of aromatic nitrogens is 2. The summed E-state index contributed by atoms with van der Waals surface area (Å²) in [4.78, 5) is 4.55. The van der Waals surface area contributed by atoms with Crippen LogP contribution in [0.1, 0.15) is 43.9 Å². The zero-order chi connectivity index (χ0) is 22.2. The minimum atomic E-state index is -3.47. The summed E-state index contributed by atoms with van der Waals surface area (Å²) in [5, 5.41) is 7.32. The molecule has 0 aliphatic carbocycles. The fourth-order valence-corrected chi connectivity index (χ4v) is 4.43. The number of hydrogen-bond acceptors (Lipinski definition) is 5. The maximum absolute atomic E-state index is 14.0. The smallest absolute Gasteiger partial charge is 0.199 e. The molecule has 0 spiro atoms. The van der Waals surface area contributed by atoms with Crippen molar-refractivity contribution in [3.8, 4) is 11.3 Å². The van der Waals surface area contributed by atoms with Crippen molar-refractivity contribution >= 4 is 15.5 Å². The summed E-state index contributed by atoms with van der Waals surface area (Å²) in [7, 11) is -3.47. The fraction of sp³-hybridized carbons (Fsp3) is 0.261. The molecule has 160 valence electrons. The van der Waals surface area contributed by atoms with Gasteiger partial charge < -0.3 is 0 Å². The van der Waals surface area contributed by atoms with E-state index in [1.54, 1.807) is 19.9 Å². The van der Waals surface area contributed by atoms with Crippen LogP contribution >= 0.6 is 0 Å². The number of aliphatic imine (C=N–C) groups is 1. The molecule has 0 radical (unpaired) electrons. The molecule has 5 nitrogen and oxygen atoms in total. The second-order valence-electron chi connectivity index (χ2n) is 7.70. The van der Waals surface area contributed by atoms with Crippen molar-refractivity contribution in [2.45, 2.75) is 43.0 Å². The lowest BCUT2D eigenvalue weighted by molar-refractivity contribution is 0.578. The molecular formula is C23H21F2N3O2S. The van der Waals surface area contributed by atoms with Crippen LogP contribution in [-0.2, 0) is 9.84 Å². The molecule has 2 aromatic carbocycles. The third kappa shape index (κ3) is 4.12. The van der Waals surface area contributed by atoms with Crippen molar-refractivity contribution in [1.29, 1.82) is 0 Å². The monoisotopic (exact) mass is 441 g/mol. The molecule has 0 bridgehead atoms. The van der Waals surface area contributed by atoms with E-state index in [4.69, 9.17) is 0 Å². The van der Waals surface area contributed by atoms with Crippen molar-refractivity contribution in [3.05, 3.63) is 77.4 Å². The number of hydrogen-bond donors (Lipinski definition) is 0. The molecule has 0 fully saturated rings. The van der Waals surface area contributed by atoms with Gasteiger partial charge in [0.15, 0.2) is 14.9 Å². The normalized spacial score (nSPS) is 16.5. The van der Waals surface area contributed by atoms with E-state index in [0.29, 0.717) is 24.2 Å². The number of halogens is 2. The Labute approximate surface area is 179 Å². The molecule has 0 N–H and O–H groups in total. The quantitative estimate of drug-likeness (QED) is 0.563. The Morgan fingerprint density at radius 3 is 2.19 bits per heavy atom. The Hall–Kier alpha value is -3.00. The number of rotatable bonds is 5. The molecule has 8 heteroatoms. The zero-order valence-electron chi connectivity index (χ0n) is 17.1. The second kappa shape index (κ2) is 8.26. The summed E-state index contributed by atoms with van der Waals surface area (Å²) in [6.45, 7) is 3.20. The van der Waals surface area contributed by atoms with Crippen molar-refractivity contribution in [3.63, 3.8) is 0 Å². The SMILES string of the molecule is CC(C)S(=O)(=O)c1ccc(-c2ccc(C3CCC(c4c(F)cccc4F)=N3)cc2)nn1. The van der Waals surface area contributed by atoms with Gasteiger partial charge in [-0.25, -0.2) is 17.2 Å². The first-order valence-electron chi connectivity index (χ1n) is 9.96. The highest BCUT2D eigenvalue weighted by molar-refractivity contribution is 7.91. The Morgan fingerprint density at radius 1 is 0.935 bits per heavy atom. The van der Waals surface area contributed by atoms with E-state index in [-0.39, 0.29) is 16.6 Å². The Kier molecular flexibility index (Phi) is 5.66. The first kappa shape index (κ1) is 21.2. The van der Waals surface area contributed by atoms with E-state index >= 15 is 0 Å². The Morgan fingerprint density at radius 2 is 1.61 bits per heavy atom. The predicted octanol–water partition coefficient (Wildman–Crippen LogP) is 4.93. The molecule has 31 heavy (non-hydrogen) atoms. The van der Waals surface area contributed by atoms with Gasteiger partial charge in [-0.3, -0.25) is 4.99 Å². The minimum absolute atomic E-state index is 0.0453.